The van der Waals surface area contributed by atoms with Crippen LogP contribution in [0.3, 0.4) is 0 Å². The van der Waals surface area contributed by atoms with Crippen LogP contribution in [0, 0.1) is 0 Å². The van der Waals surface area contributed by atoms with E-state index in [-0.39, 0.29) is 24.8 Å². The van der Waals surface area contributed by atoms with E-state index in [2.05, 4.69) is 55.0 Å². The number of hydrogen-bond acceptors (Lipinski definition) is 4. The summed E-state index contributed by atoms with van der Waals surface area (Å²) in [6.45, 7) is 7.77. The van der Waals surface area contributed by atoms with Crippen molar-refractivity contribution < 1.29 is 45.2 Å². The summed E-state index contributed by atoms with van der Waals surface area (Å²) in [5.41, 5.74) is 0. The van der Waals surface area contributed by atoms with Crippen LogP contribution in [0.25, 0.3) is 0 Å². The quantitative estimate of drug-likeness (QED) is 0.435. The second-order valence-electron chi connectivity index (χ2n) is 4.25. The molecule has 2 N–H and O–H groups in total. The number of likely N-dealkylation sites (N-methyl/N-ethyl adjacent to an activating group) is 2. The Labute approximate surface area is 129 Å². The predicted molar refractivity (Wildman–Crippen MR) is 59.7 cm³/mol. The number of nitrogens with zero attached hydrogens (tertiary/aromatic N) is 2. The summed E-state index contributed by atoms with van der Waals surface area (Å²) in [6.07, 6.45) is 0. The molecule has 17 heavy (non-hydrogen) atoms. The normalized spacial score (nSPS) is 26.0. The molecule has 0 spiro atoms. The Bertz CT molecular complexity index is 176. The number of hydrogen-bond donors (Lipinski definition) is 2. The van der Waals surface area contributed by atoms with Gasteiger partial charge in [0.05, 0.1) is 0 Å². The van der Waals surface area contributed by atoms with E-state index >= 15 is 0 Å². The third-order valence-electron chi connectivity index (χ3n) is 2.85. The molecule has 0 saturated carbocycles. The van der Waals surface area contributed by atoms with Gasteiger partial charge in [-0.3, -0.25) is 0 Å². The molecular weight excluding hydrogens is 295 g/mol. The second kappa shape index (κ2) is 12.2. The Balaban J connectivity index is 0. The Morgan fingerprint density at radius 1 is 0.941 bits per heavy atom. The van der Waals surface area contributed by atoms with Gasteiger partial charge in [0, 0.05) is 0 Å². The summed E-state index contributed by atoms with van der Waals surface area (Å²) in [5, 5.41) is 6.92. The fourth-order valence-corrected chi connectivity index (χ4v) is 1.99. The van der Waals surface area contributed by atoms with E-state index in [1.165, 1.54) is 0 Å². The predicted octanol–water partition coefficient (Wildman–Crippen LogP) is -7.08. The molecule has 0 radical (unpaired) electrons. The van der Waals surface area contributed by atoms with Gasteiger partial charge in [-0.15, -0.1) is 0 Å². The first-order valence-electron chi connectivity index (χ1n) is 5.71. The molecule has 1 rings (SSSR count). The van der Waals surface area contributed by atoms with Crippen LogP contribution in [0.4, 0.5) is 0 Å². The zero-order valence-corrected chi connectivity index (χ0v) is 13.8. The molecule has 0 aromatic heterocycles. The first-order chi connectivity index (χ1) is 7.20. The third-order valence-corrected chi connectivity index (χ3v) is 3.86. The summed E-state index contributed by atoms with van der Waals surface area (Å²) < 4.78 is 0.623. The average Bonchev–Trinajstić information content (AvgIpc) is 2.22. The molecule has 1 atom stereocenters. The fraction of sp³-hybridized carbons (Fsp3) is 1.00. The van der Waals surface area contributed by atoms with Gasteiger partial charge in [0.25, 0.3) is 0 Å². The van der Waals surface area contributed by atoms with E-state index in [1.54, 1.807) is 0 Å². The van der Waals surface area contributed by atoms with E-state index in [4.69, 9.17) is 0 Å². The standard InChI is InChI=1S/C10H23N4.2ClH.Ti/c1-13-7-5-11-3-4-12-6-8-14(2)10-9-13;;;/h7,11-12H,3-6,8-10H2,1-2H3;2*1H;/q;;;+2/p-2. The van der Waals surface area contributed by atoms with Crippen molar-refractivity contribution in [2.45, 2.75) is 4.35 Å². The maximum Gasteiger partial charge on any atom is -1.00 e. The first kappa shape index (κ1) is 20.5. The number of nitrogens with one attached hydrogen (secondary N) is 2. The molecule has 1 aliphatic heterocycles. The van der Waals surface area contributed by atoms with Crippen LogP contribution in [-0.2, 0) is 20.4 Å². The van der Waals surface area contributed by atoms with Crippen molar-refractivity contribution in [2.75, 3.05) is 59.9 Å². The molecule has 1 heterocycles. The van der Waals surface area contributed by atoms with Crippen LogP contribution in [0.15, 0.2) is 0 Å². The molecule has 1 unspecified atom stereocenters. The van der Waals surface area contributed by atoms with E-state index in [1.807, 2.05) is 0 Å². The smallest absolute Gasteiger partial charge is 1.00 e. The molecule has 0 aromatic carbocycles. The van der Waals surface area contributed by atoms with E-state index in [0.717, 1.165) is 45.8 Å². The minimum absolute atomic E-state index is 0. The summed E-state index contributed by atoms with van der Waals surface area (Å²) in [4.78, 5) is 4.82. The van der Waals surface area contributed by atoms with Crippen molar-refractivity contribution in [3.05, 3.63) is 0 Å². The van der Waals surface area contributed by atoms with Crippen LogP contribution >= 0.6 is 0 Å². The number of halogens is 2. The molecule has 1 fully saturated rings. The summed E-state index contributed by atoms with van der Waals surface area (Å²) in [5.74, 6) is 0. The van der Waals surface area contributed by atoms with Crippen molar-refractivity contribution in [3.8, 4) is 0 Å². The van der Waals surface area contributed by atoms with Gasteiger partial charge in [-0.05, 0) is 0 Å². The Hall–Kier alpha value is 1.13. The molecule has 0 aliphatic carbocycles. The Morgan fingerprint density at radius 2 is 1.59 bits per heavy atom. The zero-order valence-electron chi connectivity index (χ0n) is 10.7. The third kappa shape index (κ3) is 9.68. The van der Waals surface area contributed by atoms with E-state index < -0.39 is 0 Å². The zero-order chi connectivity index (χ0) is 11.1. The van der Waals surface area contributed by atoms with Gasteiger partial charge in [0.2, 0.25) is 0 Å². The van der Waals surface area contributed by atoms with Gasteiger partial charge in [0.15, 0.2) is 0 Å². The Kier molecular flexibility index (Phi) is 14.7. The topological polar surface area (TPSA) is 30.5 Å². The molecule has 7 heteroatoms. The largest absolute Gasteiger partial charge is 1.00 e. The van der Waals surface area contributed by atoms with Crippen molar-refractivity contribution >= 4 is 0 Å². The van der Waals surface area contributed by atoms with Gasteiger partial charge < -0.3 is 24.8 Å². The van der Waals surface area contributed by atoms with Gasteiger partial charge in [-0.25, -0.2) is 0 Å². The number of rotatable bonds is 0. The van der Waals surface area contributed by atoms with E-state index in [0.29, 0.717) is 4.35 Å². The van der Waals surface area contributed by atoms with Crippen molar-refractivity contribution in [2.24, 2.45) is 0 Å². The van der Waals surface area contributed by atoms with Crippen molar-refractivity contribution in [1.29, 1.82) is 0 Å². The van der Waals surface area contributed by atoms with Crippen molar-refractivity contribution in [1.82, 2.24) is 20.4 Å². The van der Waals surface area contributed by atoms with Crippen LogP contribution in [-0.4, -0.2) is 74.1 Å². The van der Waals surface area contributed by atoms with Crippen LogP contribution in [0.1, 0.15) is 0 Å². The molecule has 101 valence electrons. The van der Waals surface area contributed by atoms with E-state index in [9.17, 15) is 0 Å². The van der Waals surface area contributed by atoms with Gasteiger partial charge in [-0.2, -0.15) is 0 Å². The van der Waals surface area contributed by atoms with Crippen LogP contribution in [0.2, 0.25) is 0 Å². The molecule has 0 amide bonds. The maximum atomic E-state index is 3.48. The van der Waals surface area contributed by atoms with Crippen LogP contribution in [0.5, 0.6) is 0 Å². The monoisotopic (exact) mass is 317 g/mol. The van der Waals surface area contributed by atoms with Gasteiger partial charge in [-0.1, -0.05) is 0 Å². The maximum absolute atomic E-state index is 3.48. The molecule has 0 aromatic rings. The second-order valence-corrected chi connectivity index (χ2v) is 5.29. The SMILES string of the molecule is CN1CCNCCNC[CH]([Ti+2])N(C)CC1.[Cl-].[Cl-]. The molecule has 0 bridgehead atoms. The average molecular weight is 318 g/mol. The molecule has 4 nitrogen and oxygen atoms in total. The minimum Gasteiger partial charge on any atom is -1.00 e. The van der Waals surface area contributed by atoms with Gasteiger partial charge in [0.1, 0.15) is 0 Å². The van der Waals surface area contributed by atoms with Crippen LogP contribution < -0.4 is 35.4 Å². The first-order valence-corrected chi connectivity index (χ1v) is 6.61. The van der Waals surface area contributed by atoms with Gasteiger partial charge >= 0.3 is 105 Å². The Morgan fingerprint density at radius 3 is 2.29 bits per heavy atom. The summed E-state index contributed by atoms with van der Waals surface area (Å²) in [6, 6.07) is 0. The minimum atomic E-state index is 0. The summed E-state index contributed by atoms with van der Waals surface area (Å²) in [7, 11) is 4.41. The fourth-order valence-electron chi connectivity index (χ4n) is 1.56. The molecule has 1 saturated heterocycles. The van der Waals surface area contributed by atoms with Crippen molar-refractivity contribution in [3.63, 3.8) is 0 Å². The summed E-state index contributed by atoms with van der Waals surface area (Å²) >= 11 is 2.28. The molecular formula is C10H23Cl2N4Ti. The molecule has 1 aliphatic rings.